The Balaban J connectivity index is 2.50. The maximum absolute atomic E-state index is 11.7. The number of carboxylic acids is 1. The van der Waals surface area contributed by atoms with Crippen molar-refractivity contribution < 1.29 is 14.7 Å². The number of carbonyl (C=O) groups excluding carboxylic acids is 1. The summed E-state index contributed by atoms with van der Waals surface area (Å²) < 4.78 is 0. The van der Waals surface area contributed by atoms with Crippen LogP contribution in [0.25, 0.3) is 0 Å². The Morgan fingerprint density at radius 2 is 2.24 bits per heavy atom. The van der Waals surface area contributed by atoms with Crippen LogP contribution in [0.4, 0.5) is 0 Å². The fourth-order valence-electron chi connectivity index (χ4n) is 1.30. The van der Waals surface area contributed by atoms with Crippen molar-refractivity contribution in [3.8, 4) is 0 Å². The molecule has 0 aliphatic carbocycles. The lowest BCUT2D eigenvalue weighted by Gasteiger charge is -2.09. The fraction of sp³-hybridized carbons (Fsp3) is 0.455. The third kappa shape index (κ3) is 4.02. The van der Waals surface area contributed by atoms with E-state index >= 15 is 0 Å². The van der Waals surface area contributed by atoms with Crippen molar-refractivity contribution in [2.24, 2.45) is 5.92 Å². The normalized spacial score (nSPS) is 12.2. The number of halogens is 1. The molecule has 0 aromatic carbocycles. The van der Waals surface area contributed by atoms with Gasteiger partial charge in [-0.05, 0) is 23.8 Å². The van der Waals surface area contributed by atoms with Gasteiger partial charge in [-0.15, -0.1) is 11.3 Å². The van der Waals surface area contributed by atoms with Gasteiger partial charge in [0.15, 0.2) is 0 Å². The molecule has 0 saturated carbocycles. The van der Waals surface area contributed by atoms with Crippen LogP contribution in [0.5, 0.6) is 0 Å². The monoisotopic (exact) mass is 275 g/mol. The molecule has 1 amide bonds. The molecule has 0 aliphatic heterocycles. The lowest BCUT2D eigenvalue weighted by Crippen LogP contribution is -2.28. The molecule has 1 unspecified atom stereocenters. The minimum absolute atomic E-state index is 0.0392. The van der Waals surface area contributed by atoms with Gasteiger partial charge in [0.2, 0.25) is 0 Å². The third-order valence-corrected chi connectivity index (χ3v) is 3.94. The van der Waals surface area contributed by atoms with E-state index in [0.717, 1.165) is 5.56 Å². The number of nitrogens with one attached hydrogen (secondary N) is 1. The molecule has 0 bridgehead atoms. The maximum atomic E-state index is 11.7. The molecule has 0 aliphatic rings. The Hall–Kier alpha value is -1.07. The van der Waals surface area contributed by atoms with E-state index in [1.165, 1.54) is 11.3 Å². The summed E-state index contributed by atoms with van der Waals surface area (Å²) in [5.74, 6) is -1.21. The first kappa shape index (κ1) is 14.0. The van der Waals surface area contributed by atoms with Gasteiger partial charge in [-0.25, -0.2) is 0 Å². The van der Waals surface area contributed by atoms with Crippen LogP contribution in [0.2, 0.25) is 5.02 Å². The van der Waals surface area contributed by atoms with E-state index in [0.29, 0.717) is 16.4 Å². The number of aryl methyl sites for hydroxylation is 1. The first-order chi connectivity index (χ1) is 7.91. The largest absolute Gasteiger partial charge is 0.481 e. The Bertz CT molecular complexity index is 430. The van der Waals surface area contributed by atoms with E-state index in [2.05, 4.69) is 5.32 Å². The molecule has 1 aromatic heterocycles. The van der Waals surface area contributed by atoms with E-state index < -0.39 is 5.97 Å². The second kappa shape index (κ2) is 6.02. The average molecular weight is 276 g/mol. The molecule has 0 radical (unpaired) electrons. The van der Waals surface area contributed by atoms with E-state index in [9.17, 15) is 9.59 Å². The lowest BCUT2D eigenvalue weighted by molar-refractivity contribution is -0.137. The number of thiophene rings is 1. The molecule has 1 atom stereocenters. The van der Waals surface area contributed by atoms with Crippen molar-refractivity contribution in [2.75, 3.05) is 6.54 Å². The van der Waals surface area contributed by atoms with Crippen LogP contribution in [-0.4, -0.2) is 23.5 Å². The molecule has 6 heteroatoms. The standard InChI is InChI=1S/C11H14ClNO3S/c1-6(3-8(14)15)4-13-11(16)10-9(12)7(2)5-17-10/h5-6H,3-4H2,1-2H3,(H,13,16)(H,14,15). The van der Waals surface area contributed by atoms with Crippen LogP contribution in [-0.2, 0) is 4.79 Å². The van der Waals surface area contributed by atoms with E-state index in [1.54, 1.807) is 6.92 Å². The summed E-state index contributed by atoms with van der Waals surface area (Å²) in [6.07, 6.45) is 0.0392. The summed E-state index contributed by atoms with van der Waals surface area (Å²) in [6.45, 7) is 3.94. The molecule has 2 N–H and O–H groups in total. The molecular weight excluding hydrogens is 262 g/mol. The Labute approximate surface area is 109 Å². The van der Waals surface area contributed by atoms with Gasteiger partial charge >= 0.3 is 5.97 Å². The number of rotatable bonds is 5. The highest BCUT2D eigenvalue weighted by Gasteiger charge is 2.15. The van der Waals surface area contributed by atoms with Gasteiger partial charge in [0.25, 0.3) is 5.91 Å². The predicted molar refractivity (Wildman–Crippen MR) is 67.8 cm³/mol. The van der Waals surface area contributed by atoms with E-state index in [4.69, 9.17) is 16.7 Å². The molecule has 1 rings (SSSR count). The minimum Gasteiger partial charge on any atom is -0.481 e. The summed E-state index contributed by atoms with van der Waals surface area (Å²) in [4.78, 5) is 22.7. The molecular formula is C11H14ClNO3S. The van der Waals surface area contributed by atoms with Crippen molar-refractivity contribution >= 4 is 34.8 Å². The van der Waals surface area contributed by atoms with Crippen LogP contribution in [0, 0.1) is 12.8 Å². The molecule has 0 saturated heterocycles. The first-order valence-corrected chi connectivity index (χ1v) is 6.41. The van der Waals surface area contributed by atoms with Crippen LogP contribution < -0.4 is 5.32 Å². The summed E-state index contributed by atoms with van der Waals surface area (Å²) in [5, 5.41) is 13.6. The zero-order valence-corrected chi connectivity index (χ0v) is 11.2. The molecule has 4 nitrogen and oxygen atoms in total. The fourth-order valence-corrected chi connectivity index (χ4v) is 2.50. The molecule has 0 fully saturated rings. The molecule has 17 heavy (non-hydrogen) atoms. The topological polar surface area (TPSA) is 66.4 Å². The lowest BCUT2D eigenvalue weighted by atomic mass is 10.1. The first-order valence-electron chi connectivity index (χ1n) is 5.15. The highest BCUT2D eigenvalue weighted by atomic mass is 35.5. The number of hydrogen-bond acceptors (Lipinski definition) is 3. The van der Waals surface area contributed by atoms with Gasteiger partial charge in [0, 0.05) is 13.0 Å². The van der Waals surface area contributed by atoms with Crippen LogP contribution >= 0.6 is 22.9 Å². The van der Waals surface area contributed by atoms with Crippen molar-refractivity contribution in [1.82, 2.24) is 5.32 Å². The van der Waals surface area contributed by atoms with Crippen molar-refractivity contribution in [2.45, 2.75) is 20.3 Å². The zero-order chi connectivity index (χ0) is 13.0. The van der Waals surface area contributed by atoms with Crippen LogP contribution in [0.1, 0.15) is 28.6 Å². The van der Waals surface area contributed by atoms with Gasteiger partial charge in [-0.1, -0.05) is 18.5 Å². The Morgan fingerprint density at radius 3 is 2.71 bits per heavy atom. The SMILES string of the molecule is Cc1csc(C(=O)NCC(C)CC(=O)O)c1Cl. The summed E-state index contributed by atoms with van der Waals surface area (Å²) in [5.41, 5.74) is 0.875. The van der Waals surface area contributed by atoms with Gasteiger partial charge in [-0.2, -0.15) is 0 Å². The highest BCUT2D eigenvalue weighted by molar-refractivity contribution is 7.13. The average Bonchev–Trinajstić information content (AvgIpc) is 2.55. The van der Waals surface area contributed by atoms with Crippen molar-refractivity contribution in [1.29, 1.82) is 0 Å². The number of carboxylic acid groups (broad SMARTS) is 1. The van der Waals surface area contributed by atoms with Crippen LogP contribution in [0.15, 0.2) is 5.38 Å². The quantitative estimate of drug-likeness (QED) is 0.868. The van der Waals surface area contributed by atoms with Crippen LogP contribution in [0.3, 0.4) is 0 Å². The van der Waals surface area contributed by atoms with Gasteiger partial charge in [-0.3, -0.25) is 9.59 Å². The minimum atomic E-state index is -0.864. The smallest absolute Gasteiger partial charge is 0.303 e. The van der Waals surface area contributed by atoms with Crippen molar-refractivity contribution in [3.05, 3.63) is 20.8 Å². The molecule has 94 valence electrons. The second-order valence-corrected chi connectivity index (χ2v) is 5.23. The molecule has 1 heterocycles. The van der Waals surface area contributed by atoms with E-state index in [1.807, 2.05) is 12.3 Å². The molecule has 1 aromatic rings. The number of aliphatic carboxylic acids is 1. The second-order valence-electron chi connectivity index (χ2n) is 3.97. The number of carbonyl (C=O) groups is 2. The Kier molecular flexibility index (Phi) is 4.96. The summed E-state index contributed by atoms with van der Waals surface area (Å²) in [6, 6.07) is 0. The zero-order valence-electron chi connectivity index (χ0n) is 9.62. The summed E-state index contributed by atoms with van der Waals surface area (Å²) in [7, 11) is 0. The highest BCUT2D eigenvalue weighted by Crippen LogP contribution is 2.26. The van der Waals surface area contributed by atoms with Crippen molar-refractivity contribution in [3.63, 3.8) is 0 Å². The predicted octanol–water partition coefficient (Wildman–Crippen LogP) is 2.55. The Morgan fingerprint density at radius 1 is 1.59 bits per heavy atom. The van der Waals surface area contributed by atoms with Gasteiger partial charge < -0.3 is 10.4 Å². The third-order valence-electron chi connectivity index (χ3n) is 2.24. The van der Waals surface area contributed by atoms with Gasteiger partial charge in [0.1, 0.15) is 4.88 Å². The number of amides is 1. The molecule has 0 spiro atoms. The maximum Gasteiger partial charge on any atom is 0.303 e. The number of hydrogen-bond donors (Lipinski definition) is 2. The van der Waals surface area contributed by atoms with Gasteiger partial charge in [0.05, 0.1) is 5.02 Å². The van der Waals surface area contributed by atoms with E-state index in [-0.39, 0.29) is 18.2 Å². The summed E-state index contributed by atoms with van der Waals surface area (Å²) >= 11 is 7.25.